The van der Waals surface area contributed by atoms with Crippen LogP contribution >= 0.6 is 0 Å². The Hall–Kier alpha value is -1.32. The van der Waals surface area contributed by atoms with E-state index < -0.39 is 0 Å². The number of ether oxygens (including phenoxy) is 3. The molecule has 3 heteroatoms. The number of unbranched alkanes of at least 4 members (excludes halogenated alkanes) is 1. The predicted octanol–water partition coefficient (Wildman–Crippen LogP) is 3.90. The molecule has 0 saturated carbocycles. The zero-order valence-electron chi connectivity index (χ0n) is 12.6. The zero-order chi connectivity index (χ0) is 14.5. The van der Waals surface area contributed by atoms with Crippen molar-refractivity contribution in [2.75, 3.05) is 33.0 Å². The van der Waals surface area contributed by atoms with Crippen molar-refractivity contribution < 1.29 is 14.2 Å². The minimum atomic E-state index is 0.569. The van der Waals surface area contributed by atoms with Gasteiger partial charge >= 0.3 is 0 Å². The molecule has 1 aromatic carbocycles. The van der Waals surface area contributed by atoms with Gasteiger partial charge in [-0.15, -0.1) is 0 Å². The molecule has 0 radical (unpaired) electrons. The standard InChI is InChI=1S/C17H26O3/c1-3-4-10-18-11-12-19-13-14-20-15-16(2)17-8-6-5-7-9-17/h5-9,15H,3-4,10-14H2,1-2H3/b16-15-. The van der Waals surface area contributed by atoms with E-state index in [1.807, 2.05) is 25.1 Å². The van der Waals surface area contributed by atoms with Gasteiger partial charge in [0, 0.05) is 6.61 Å². The van der Waals surface area contributed by atoms with Gasteiger partial charge in [-0.2, -0.15) is 0 Å². The predicted molar refractivity (Wildman–Crippen MR) is 82.6 cm³/mol. The highest BCUT2D eigenvalue weighted by atomic mass is 16.5. The van der Waals surface area contributed by atoms with Crippen molar-refractivity contribution >= 4 is 5.57 Å². The van der Waals surface area contributed by atoms with Crippen LogP contribution in [0.4, 0.5) is 0 Å². The molecule has 0 aliphatic heterocycles. The molecule has 0 aliphatic carbocycles. The summed E-state index contributed by atoms with van der Waals surface area (Å²) in [5.41, 5.74) is 2.30. The smallest absolute Gasteiger partial charge is 0.111 e. The molecule has 0 amide bonds. The SMILES string of the molecule is CCCCOCCOCCO/C=C(/C)c1ccccc1. The summed E-state index contributed by atoms with van der Waals surface area (Å²) in [5, 5.41) is 0. The van der Waals surface area contributed by atoms with E-state index in [0.717, 1.165) is 18.6 Å². The highest BCUT2D eigenvalue weighted by Crippen LogP contribution is 2.12. The van der Waals surface area contributed by atoms with E-state index in [1.165, 1.54) is 12.0 Å². The lowest BCUT2D eigenvalue weighted by Crippen LogP contribution is -2.08. The fourth-order valence-electron chi connectivity index (χ4n) is 1.63. The van der Waals surface area contributed by atoms with Crippen molar-refractivity contribution in [2.24, 2.45) is 0 Å². The van der Waals surface area contributed by atoms with Crippen molar-refractivity contribution in [1.82, 2.24) is 0 Å². The molecule has 0 heterocycles. The van der Waals surface area contributed by atoms with Crippen LogP contribution in [0.3, 0.4) is 0 Å². The van der Waals surface area contributed by atoms with Crippen LogP contribution in [0.5, 0.6) is 0 Å². The maximum atomic E-state index is 5.47. The van der Waals surface area contributed by atoms with Gasteiger partial charge in [0.15, 0.2) is 0 Å². The highest BCUT2D eigenvalue weighted by molar-refractivity contribution is 5.62. The molecule has 0 aromatic heterocycles. The monoisotopic (exact) mass is 278 g/mol. The maximum absolute atomic E-state index is 5.47. The molecule has 0 N–H and O–H groups in total. The van der Waals surface area contributed by atoms with Crippen LogP contribution in [0.25, 0.3) is 5.57 Å². The van der Waals surface area contributed by atoms with Crippen LogP contribution in [-0.4, -0.2) is 33.0 Å². The Morgan fingerprint density at radius 2 is 1.60 bits per heavy atom. The fraction of sp³-hybridized carbons (Fsp3) is 0.529. The number of rotatable bonds is 11. The first-order valence-corrected chi connectivity index (χ1v) is 7.34. The third-order valence-electron chi connectivity index (χ3n) is 2.85. The summed E-state index contributed by atoms with van der Waals surface area (Å²) in [5.74, 6) is 0. The van der Waals surface area contributed by atoms with Crippen LogP contribution in [0.15, 0.2) is 36.6 Å². The van der Waals surface area contributed by atoms with E-state index in [9.17, 15) is 0 Å². The first kappa shape index (κ1) is 16.7. The molecular weight excluding hydrogens is 252 g/mol. The molecule has 0 fully saturated rings. The van der Waals surface area contributed by atoms with Gasteiger partial charge in [-0.05, 0) is 24.5 Å². The van der Waals surface area contributed by atoms with Gasteiger partial charge in [-0.3, -0.25) is 0 Å². The van der Waals surface area contributed by atoms with Crippen LogP contribution < -0.4 is 0 Å². The van der Waals surface area contributed by atoms with E-state index in [4.69, 9.17) is 14.2 Å². The molecule has 0 bridgehead atoms. The topological polar surface area (TPSA) is 27.7 Å². The Kier molecular flexibility index (Phi) is 9.62. The second kappa shape index (κ2) is 11.5. The number of hydrogen-bond donors (Lipinski definition) is 0. The van der Waals surface area contributed by atoms with Crippen LogP contribution in [0.2, 0.25) is 0 Å². The van der Waals surface area contributed by atoms with Gasteiger partial charge in [-0.1, -0.05) is 43.7 Å². The number of hydrogen-bond acceptors (Lipinski definition) is 3. The molecule has 0 saturated heterocycles. The van der Waals surface area contributed by atoms with E-state index >= 15 is 0 Å². The quantitative estimate of drug-likeness (QED) is 0.454. The molecule has 0 spiro atoms. The minimum absolute atomic E-state index is 0.569. The Labute approximate surface area is 122 Å². The van der Waals surface area contributed by atoms with E-state index in [1.54, 1.807) is 6.26 Å². The van der Waals surface area contributed by atoms with Crippen molar-refractivity contribution in [3.63, 3.8) is 0 Å². The lowest BCUT2D eigenvalue weighted by atomic mass is 10.1. The van der Waals surface area contributed by atoms with Gasteiger partial charge in [-0.25, -0.2) is 0 Å². The number of allylic oxidation sites excluding steroid dienone is 1. The molecule has 112 valence electrons. The summed E-state index contributed by atoms with van der Waals surface area (Å²) in [6.07, 6.45) is 4.07. The average molecular weight is 278 g/mol. The molecular formula is C17H26O3. The maximum Gasteiger partial charge on any atom is 0.111 e. The normalized spacial score (nSPS) is 11.6. The minimum Gasteiger partial charge on any atom is -0.498 e. The van der Waals surface area contributed by atoms with Crippen LogP contribution in [-0.2, 0) is 14.2 Å². The summed E-state index contributed by atoms with van der Waals surface area (Å²) in [7, 11) is 0. The van der Waals surface area contributed by atoms with Gasteiger partial charge in [0.05, 0.1) is 26.1 Å². The largest absolute Gasteiger partial charge is 0.498 e. The Morgan fingerprint density at radius 3 is 2.30 bits per heavy atom. The lowest BCUT2D eigenvalue weighted by Gasteiger charge is -2.06. The van der Waals surface area contributed by atoms with Crippen molar-refractivity contribution in [1.29, 1.82) is 0 Å². The van der Waals surface area contributed by atoms with Gasteiger partial charge in [0.25, 0.3) is 0 Å². The Balaban J connectivity index is 1.99. The first-order valence-electron chi connectivity index (χ1n) is 7.34. The van der Waals surface area contributed by atoms with Crippen molar-refractivity contribution in [2.45, 2.75) is 26.7 Å². The van der Waals surface area contributed by atoms with Crippen molar-refractivity contribution in [3.05, 3.63) is 42.2 Å². The summed E-state index contributed by atoms with van der Waals surface area (Å²) in [6.45, 7) is 7.48. The first-order chi connectivity index (χ1) is 9.84. The summed E-state index contributed by atoms with van der Waals surface area (Å²) in [6, 6.07) is 10.2. The van der Waals surface area contributed by atoms with E-state index in [-0.39, 0.29) is 0 Å². The average Bonchev–Trinajstić information content (AvgIpc) is 2.50. The Bertz CT molecular complexity index is 360. The summed E-state index contributed by atoms with van der Waals surface area (Å²) >= 11 is 0. The second-order valence-corrected chi connectivity index (χ2v) is 4.62. The third kappa shape index (κ3) is 7.97. The van der Waals surface area contributed by atoms with Gasteiger partial charge in [0.2, 0.25) is 0 Å². The van der Waals surface area contributed by atoms with Crippen LogP contribution in [0.1, 0.15) is 32.3 Å². The molecule has 0 atom stereocenters. The van der Waals surface area contributed by atoms with Gasteiger partial charge in [0.1, 0.15) is 6.61 Å². The number of benzene rings is 1. The van der Waals surface area contributed by atoms with Gasteiger partial charge < -0.3 is 14.2 Å². The molecule has 0 unspecified atom stereocenters. The summed E-state index contributed by atoms with van der Waals surface area (Å²) in [4.78, 5) is 0. The molecule has 20 heavy (non-hydrogen) atoms. The highest BCUT2D eigenvalue weighted by Gasteiger charge is 1.94. The van der Waals surface area contributed by atoms with Crippen LogP contribution in [0, 0.1) is 0 Å². The third-order valence-corrected chi connectivity index (χ3v) is 2.85. The van der Waals surface area contributed by atoms with E-state index in [2.05, 4.69) is 19.1 Å². The van der Waals surface area contributed by atoms with E-state index in [0.29, 0.717) is 26.4 Å². The lowest BCUT2D eigenvalue weighted by molar-refractivity contribution is 0.0300. The zero-order valence-corrected chi connectivity index (χ0v) is 12.6. The van der Waals surface area contributed by atoms with Crippen molar-refractivity contribution in [3.8, 4) is 0 Å². The fourth-order valence-corrected chi connectivity index (χ4v) is 1.63. The second-order valence-electron chi connectivity index (χ2n) is 4.62. The molecule has 3 nitrogen and oxygen atoms in total. The Morgan fingerprint density at radius 1 is 0.950 bits per heavy atom. The summed E-state index contributed by atoms with van der Waals surface area (Å²) < 4.78 is 16.3. The molecule has 1 rings (SSSR count). The molecule has 1 aromatic rings. The molecule has 0 aliphatic rings.